The molecule has 6 atom stereocenters. The molecule has 0 aromatic heterocycles. The van der Waals surface area contributed by atoms with Crippen molar-refractivity contribution in [2.75, 3.05) is 35.0 Å². The highest BCUT2D eigenvalue weighted by Crippen LogP contribution is 2.59. The zero-order valence-corrected chi connectivity index (χ0v) is 22.4. The Morgan fingerprint density at radius 2 is 1.81 bits per heavy atom. The zero-order valence-electron chi connectivity index (χ0n) is 22.4. The average molecular weight is 502 g/mol. The summed E-state index contributed by atoms with van der Waals surface area (Å²) in [4.78, 5) is 13.0. The SMILES string of the molecule is COc1cc(C=CC(=O)N[C@@H]2CC[C@]3(CO3)[C@@H](C3(C)O[C@@H]3CC=C(C)C)[C@@H]2OC)cc(OC)c1OC. The summed E-state index contributed by atoms with van der Waals surface area (Å²) in [6, 6.07) is 3.45. The van der Waals surface area contributed by atoms with Crippen molar-refractivity contribution in [1.29, 1.82) is 0 Å². The number of epoxide rings is 2. The second-order valence-corrected chi connectivity index (χ2v) is 10.3. The molecule has 3 aliphatic rings. The minimum absolute atomic E-state index is 0.0451. The van der Waals surface area contributed by atoms with Crippen molar-refractivity contribution >= 4 is 12.0 Å². The first-order valence-corrected chi connectivity index (χ1v) is 12.5. The van der Waals surface area contributed by atoms with E-state index in [1.807, 2.05) is 0 Å². The third-order valence-corrected chi connectivity index (χ3v) is 7.74. The van der Waals surface area contributed by atoms with Gasteiger partial charge in [-0.25, -0.2) is 0 Å². The normalized spacial score (nSPS) is 32.8. The van der Waals surface area contributed by atoms with Gasteiger partial charge in [-0.05, 0) is 63.8 Å². The second kappa shape index (κ2) is 10.4. The Morgan fingerprint density at radius 3 is 2.33 bits per heavy atom. The van der Waals surface area contributed by atoms with E-state index in [1.165, 1.54) is 11.6 Å². The van der Waals surface area contributed by atoms with Crippen LogP contribution in [0.3, 0.4) is 0 Å². The third-order valence-electron chi connectivity index (χ3n) is 7.74. The van der Waals surface area contributed by atoms with Gasteiger partial charge in [0.2, 0.25) is 11.7 Å². The quantitative estimate of drug-likeness (QED) is 0.295. The first-order chi connectivity index (χ1) is 17.2. The van der Waals surface area contributed by atoms with Crippen LogP contribution in [0, 0.1) is 5.92 Å². The number of carbonyl (C=O) groups is 1. The Morgan fingerprint density at radius 1 is 1.14 bits per heavy atom. The fraction of sp³-hybridized carbons (Fsp3) is 0.607. The highest BCUT2D eigenvalue weighted by atomic mass is 16.6. The summed E-state index contributed by atoms with van der Waals surface area (Å²) in [5.41, 5.74) is 1.48. The maximum absolute atomic E-state index is 13.0. The van der Waals surface area contributed by atoms with Gasteiger partial charge in [0.25, 0.3) is 0 Å². The molecular formula is C28H39NO7. The number of carbonyl (C=O) groups excluding carboxylic acids is 1. The van der Waals surface area contributed by atoms with Gasteiger partial charge in [-0.15, -0.1) is 0 Å². The Balaban J connectivity index is 1.47. The van der Waals surface area contributed by atoms with Crippen LogP contribution in [-0.2, 0) is 19.0 Å². The molecule has 2 saturated heterocycles. The predicted octanol–water partition coefficient (Wildman–Crippen LogP) is 3.92. The lowest BCUT2D eigenvalue weighted by atomic mass is 9.67. The number of benzene rings is 1. The van der Waals surface area contributed by atoms with Crippen molar-refractivity contribution in [3.05, 3.63) is 35.4 Å². The first-order valence-electron chi connectivity index (χ1n) is 12.5. The van der Waals surface area contributed by atoms with Crippen molar-refractivity contribution in [2.24, 2.45) is 5.92 Å². The van der Waals surface area contributed by atoms with E-state index >= 15 is 0 Å². The molecule has 1 aromatic rings. The number of ether oxygens (including phenoxy) is 6. The number of allylic oxidation sites excluding steroid dienone is 1. The Hall–Kier alpha value is -2.55. The summed E-state index contributed by atoms with van der Waals surface area (Å²) in [6.07, 6.45) is 7.92. The van der Waals surface area contributed by atoms with Gasteiger partial charge in [0.05, 0.1) is 51.8 Å². The highest BCUT2D eigenvalue weighted by Gasteiger charge is 2.71. The molecule has 3 fully saturated rings. The Kier molecular flexibility index (Phi) is 7.69. The fourth-order valence-corrected chi connectivity index (χ4v) is 5.74. The predicted molar refractivity (Wildman–Crippen MR) is 137 cm³/mol. The molecule has 2 heterocycles. The van der Waals surface area contributed by atoms with Gasteiger partial charge in [0, 0.05) is 19.1 Å². The standard InChI is InChI=1S/C28H39NO7/c1-17(2)8-10-22-27(3,36-22)26-24(33-6)19(12-13-28(26)16-35-28)29-23(30)11-9-18-14-20(31-4)25(34-7)21(15-18)32-5/h8-9,11,14-15,19,22,24,26H,10,12-13,16H2,1-7H3,(H,29,30)/t19-,22-,24-,26-,27?,28+/m1/s1. The summed E-state index contributed by atoms with van der Waals surface area (Å²) >= 11 is 0. The molecule has 2 aliphatic heterocycles. The number of hydrogen-bond acceptors (Lipinski definition) is 7. The van der Waals surface area contributed by atoms with Crippen LogP contribution in [-0.4, -0.2) is 70.4 Å². The molecule has 198 valence electrons. The lowest BCUT2D eigenvalue weighted by Gasteiger charge is -2.43. The minimum Gasteiger partial charge on any atom is -0.493 e. The molecule has 1 N–H and O–H groups in total. The topological polar surface area (TPSA) is 91.1 Å². The molecule has 1 spiro atoms. The molecule has 1 aromatic carbocycles. The van der Waals surface area contributed by atoms with E-state index in [4.69, 9.17) is 28.4 Å². The number of nitrogens with one attached hydrogen (secondary N) is 1. The zero-order chi connectivity index (χ0) is 26.1. The van der Waals surface area contributed by atoms with E-state index in [0.29, 0.717) is 23.9 Å². The lowest BCUT2D eigenvalue weighted by molar-refractivity contribution is -0.121. The summed E-state index contributed by atoms with van der Waals surface area (Å²) in [7, 11) is 6.39. The number of amides is 1. The molecule has 0 radical (unpaired) electrons. The van der Waals surface area contributed by atoms with Crippen molar-refractivity contribution in [3.8, 4) is 17.2 Å². The van der Waals surface area contributed by atoms with Crippen molar-refractivity contribution < 1.29 is 33.2 Å². The van der Waals surface area contributed by atoms with Crippen molar-refractivity contribution in [3.63, 3.8) is 0 Å². The molecule has 0 bridgehead atoms. The Bertz CT molecular complexity index is 1000. The minimum atomic E-state index is -0.335. The van der Waals surface area contributed by atoms with Crippen LogP contribution in [0.2, 0.25) is 0 Å². The molecule has 36 heavy (non-hydrogen) atoms. The molecule has 8 nitrogen and oxygen atoms in total. The van der Waals surface area contributed by atoms with Crippen LogP contribution >= 0.6 is 0 Å². The van der Waals surface area contributed by atoms with Crippen LogP contribution in [0.5, 0.6) is 17.2 Å². The molecule has 1 amide bonds. The van der Waals surface area contributed by atoms with E-state index < -0.39 is 0 Å². The van der Waals surface area contributed by atoms with Gasteiger partial charge in [-0.1, -0.05) is 11.6 Å². The van der Waals surface area contributed by atoms with Gasteiger partial charge in [0.15, 0.2) is 11.5 Å². The molecule has 8 heteroatoms. The van der Waals surface area contributed by atoms with Gasteiger partial charge >= 0.3 is 0 Å². The van der Waals surface area contributed by atoms with E-state index in [1.54, 1.807) is 46.6 Å². The second-order valence-electron chi connectivity index (χ2n) is 10.3. The molecule has 1 unspecified atom stereocenters. The Labute approximate surface area is 213 Å². The summed E-state index contributed by atoms with van der Waals surface area (Å²) in [6.45, 7) is 7.07. The van der Waals surface area contributed by atoms with Crippen molar-refractivity contribution in [1.82, 2.24) is 5.32 Å². The monoisotopic (exact) mass is 501 g/mol. The molecule has 4 rings (SSSR count). The largest absolute Gasteiger partial charge is 0.493 e. The highest BCUT2D eigenvalue weighted by molar-refractivity contribution is 5.92. The van der Waals surface area contributed by atoms with Gasteiger partial charge in [-0.3, -0.25) is 4.79 Å². The third kappa shape index (κ3) is 5.12. The van der Waals surface area contributed by atoms with Gasteiger partial charge < -0.3 is 33.7 Å². The van der Waals surface area contributed by atoms with Crippen LogP contribution in [0.25, 0.3) is 6.08 Å². The van der Waals surface area contributed by atoms with Crippen LogP contribution in [0.15, 0.2) is 29.9 Å². The van der Waals surface area contributed by atoms with Crippen LogP contribution < -0.4 is 19.5 Å². The summed E-state index contributed by atoms with van der Waals surface area (Å²) in [5.74, 6) is 1.42. The average Bonchev–Trinajstić information content (AvgIpc) is 3.78. The maximum atomic E-state index is 13.0. The fourth-order valence-electron chi connectivity index (χ4n) is 5.74. The van der Waals surface area contributed by atoms with Crippen LogP contribution in [0.4, 0.5) is 0 Å². The van der Waals surface area contributed by atoms with E-state index in [9.17, 15) is 4.79 Å². The molecular weight excluding hydrogens is 462 g/mol. The van der Waals surface area contributed by atoms with E-state index in [-0.39, 0.29) is 41.3 Å². The number of rotatable bonds is 10. The maximum Gasteiger partial charge on any atom is 0.244 e. The van der Waals surface area contributed by atoms with E-state index in [2.05, 4.69) is 32.2 Å². The molecule has 1 aliphatic carbocycles. The van der Waals surface area contributed by atoms with Gasteiger partial charge in [-0.2, -0.15) is 0 Å². The van der Waals surface area contributed by atoms with Gasteiger partial charge in [0.1, 0.15) is 5.60 Å². The number of hydrogen-bond donors (Lipinski definition) is 1. The summed E-state index contributed by atoms with van der Waals surface area (Å²) < 4.78 is 34.5. The smallest absolute Gasteiger partial charge is 0.244 e. The van der Waals surface area contributed by atoms with E-state index in [0.717, 1.165) is 24.8 Å². The summed E-state index contributed by atoms with van der Waals surface area (Å²) in [5, 5.41) is 3.17. The first kappa shape index (κ1) is 26.5. The lowest BCUT2D eigenvalue weighted by Crippen LogP contribution is -2.59. The van der Waals surface area contributed by atoms with Crippen molar-refractivity contribution in [2.45, 2.75) is 69.5 Å². The molecule has 1 saturated carbocycles. The van der Waals surface area contributed by atoms with Crippen LogP contribution in [0.1, 0.15) is 45.6 Å². The number of methoxy groups -OCH3 is 4.